The van der Waals surface area contributed by atoms with Crippen molar-refractivity contribution in [2.75, 3.05) is 0 Å². The van der Waals surface area contributed by atoms with E-state index in [9.17, 15) is 9.59 Å². The summed E-state index contributed by atoms with van der Waals surface area (Å²) in [5, 5.41) is 8.71. The molecule has 4 nitrogen and oxygen atoms in total. The third kappa shape index (κ3) is 0.668. The highest BCUT2D eigenvalue weighted by molar-refractivity contribution is 5.98. The topological polar surface area (TPSA) is 57.6 Å². The summed E-state index contributed by atoms with van der Waals surface area (Å²) >= 11 is 0. The third-order valence-electron chi connectivity index (χ3n) is 2.52. The number of fused-ring (bicyclic) bond motifs is 1. The van der Waals surface area contributed by atoms with Crippen LogP contribution in [0, 0.1) is 0 Å². The maximum Gasteiger partial charge on any atom is 0.352 e. The van der Waals surface area contributed by atoms with Gasteiger partial charge in [0.25, 0.3) is 0 Å². The molecule has 0 aromatic carbocycles. The van der Waals surface area contributed by atoms with Crippen LogP contribution < -0.4 is 0 Å². The van der Waals surface area contributed by atoms with Crippen molar-refractivity contribution in [1.29, 1.82) is 0 Å². The van der Waals surface area contributed by atoms with Gasteiger partial charge in [0.1, 0.15) is 5.70 Å². The van der Waals surface area contributed by atoms with E-state index in [0.717, 1.165) is 0 Å². The Balaban J connectivity index is 2.31. The van der Waals surface area contributed by atoms with Gasteiger partial charge in [-0.15, -0.1) is 0 Å². The maximum atomic E-state index is 11.1. The quantitative estimate of drug-likeness (QED) is 0.573. The van der Waals surface area contributed by atoms with Crippen molar-refractivity contribution in [3.8, 4) is 0 Å². The van der Waals surface area contributed by atoms with Crippen molar-refractivity contribution in [2.24, 2.45) is 0 Å². The minimum atomic E-state index is -1.01. The summed E-state index contributed by atoms with van der Waals surface area (Å²) in [7, 11) is 0. The first-order valence-electron chi connectivity index (χ1n) is 3.81. The third-order valence-corrected chi connectivity index (χ3v) is 2.52. The predicted molar refractivity (Wildman–Crippen MR) is 40.2 cm³/mol. The summed E-state index contributed by atoms with van der Waals surface area (Å²) in [5.74, 6) is -1.09. The summed E-state index contributed by atoms with van der Waals surface area (Å²) in [6, 6.07) is 0. The average Bonchev–Trinajstić information content (AvgIpc) is 2.22. The fourth-order valence-corrected chi connectivity index (χ4v) is 1.87. The zero-order valence-corrected chi connectivity index (χ0v) is 6.70. The maximum absolute atomic E-state index is 11.1. The first-order valence-corrected chi connectivity index (χ1v) is 3.81. The summed E-state index contributed by atoms with van der Waals surface area (Å²) in [6.45, 7) is 1.90. The highest BCUT2D eigenvalue weighted by Crippen LogP contribution is 2.43. The SMILES string of the molecule is CC12CC=C(C(=O)O)N1C(=O)C2. The molecule has 1 atom stereocenters. The molecule has 2 heterocycles. The van der Waals surface area contributed by atoms with Gasteiger partial charge in [-0.05, 0) is 13.3 Å². The van der Waals surface area contributed by atoms with E-state index in [4.69, 9.17) is 5.11 Å². The number of β-lactam (4-membered cyclic amide) rings is 1. The number of nitrogens with zero attached hydrogens (tertiary/aromatic N) is 1. The molecular weight excluding hydrogens is 158 g/mol. The molecule has 64 valence electrons. The molecule has 1 saturated heterocycles. The first kappa shape index (κ1) is 7.34. The molecule has 0 aromatic rings. The molecule has 1 unspecified atom stereocenters. The number of carbonyl (C=O) groups excluding carboxylic acids is 1. The second-order valence-corrected chi connectivity index (χ2v) is 3.50. The molecule has 2 aliphatic heterocycles. The smallest absolute Gasteiger partial charge is 0.352 e. The van der Waals surface area contributed by atoms with Crippen molar-refractivity contribution < 1.29 is 14.7 Å². The van der Waals surface area contributed by atoms with Gasteiger partial charge in [-0.1, -0.05) is 6.08 Å². The average molecular weight is 167 g/mol. The van der Waals surface area contributed by atoms with Gasteiger partial charge in [0.05, 0.1) is 12.0 Å². The van der Waals surface area contributed by atoms with Crippen LogP contribution in [0.5, 0.6) is 0 Å². The van der Waals surface area contributed by atoms with Crippen LogP contribution in [-0.4, -0.2) is 27.4 Å². The molecule has 0 saturated carbocycles. The number of hydrogen-bond acceptors (Lipinski definition) is 2. The van der Waals surface area contributed by atoms with E-state index in [-0.39, 0.29) is 17.1 Å². The zero-order valence-electron chi connectivity index (χ0n) is 6.70. The molecular formula is C8H9NO3. The molecule has 4 heteroatoms. The van der Waals surface area contributed by atoms with Crippen LogP contribution in [0.15, 0.2) is 11.8 Å². The molecule has 0 radical (unpaired) electrons. The number of rotatable bonds is 1. The van der Waals surface area contributed by atoms with Crippen LogP contribution >= 0.6 is 0 Å². The fourth-order valence-electron chi connectivity index (χ4n) is 1.87. The molecule has 2 rings (SSSR count). The van der Waals surface area contributed by atoms with Gasteiger partial charge < -0.3 is 5.11 Å². The van der Waals surface area contributed by atoms with Gasteiger partial charge in [0, 0.05) is 0 Å². The van der Waals surface area contributed by atoms with E-state index in [1.165, 1.54) is 4.90 Å². The second-order valence-electron chi connectivity index (χ2n) is 3.50. The predicted octanol–water partition coefficient (Wildman–Crippen LogP) is 0.350. The van der Waals surface area contributed by atoms with Crippen molar-refractivity contribution in [3.05, 3.63) is 11.8 Å². The van der Waals surface area contributed by atoms with Crippen molar-refractivity contribution in [3.63, 3.8) is 0 Å². The highest BCUT2D eigenvalue weighted by Gasteiger charge is 2.53. The van der Waals surface area contributed by atoms with E-state index in [1.54, 1.807) is 6.08 Å². The Hall–Kier alpha value is -1.32. The van der Waals surface area contributed by atoms with Crippen molar-refractivity contribution in [2.45, 2.75) is 25.3 Å². The molecule has 2 aliphatic rings. The molecule has 1 amide bonds. The summed E-state index contributed by atoms with van der Waals surface area (Å²) < 4.78 is 0. The highest BCUT2D eigenvalue weighted by atomic mass is 16.4. The van der Waals surface area contributed by atoms with E-state index in [1.807, 2.05) is 6.92 Å². The summed E-state index contributed by atoms with van der Waals surface area (Å²) in [4.78, 5) is 23.1. The van der Waals surface area contributed by atoms with Crippen LogP contribution in [0.1, 0.15) is 19.8 Å². The van der Waals surface area contributed by atoms with E-state index >= 15 is 0 Å². The lowest BCUT2D eigenvalue weighted by atomic mass is 9.86. The number of carboxylic acid groups (broad SMARTS) is 1. The van der Waals surface area contributed by atoms with Crippen LogP contribution in [0.3, 0.4) is 0 Å². The van der Waals surface area contributed by atoms with Gasteiger partial charge in [0.15, 0.2) is 0 Å². The Bertz CT molecular complexity index is 307. The van der Waals surface area contributed by atoms with Crippen molar-refractivity contribution >= 4 is 11.9 Å². The second kappa shape index (κ2) is 1.88. The Morgan fingerprint density at radius 2 is 2.42 bits per heavy atom. The standard InChI is InChI=1S/C8H9NO3/c1-8-3-2-5(7(11)12)9(8)6(10)4-8/h2H,3-4H2,1H3,(H,11,12). The molecule has 0 bridgehead atoms. The Morgan fingerprint density at radius 1 is 1.75 bits per heavy atom. The van der Waals surface area contributed by atoms with Gasteiger partial charge >= 0.3 is 5.97 Å². The zero-order chi connectivity index (χ0) is 8.93. The number of amides is 1. The van der Waals surface area contributed by atoms with Crippen LogP contribution in [0.25, 0.3) is 0 Å². The molecule has 12 heavy (non-hydrogen) atoms. The summed E-state index contributed by atoms with van der Waals surface area (Å²) in [6.07, 6.45) is 2.76. The number of aliphatic carboxylic acids is 1. The van der Waals surface area contributed by atoms with E-state index in [0.29, 0.717) is 12.8 Å². The molecule has 0 aromatic heterocycles. The lowest BCUT2D eigenvalue weighted by Crippen LogP contribution is -2.58. The largest absolute Gasteiger partial charge is 0.477 e. The van der Waals surface area contributed by atoms with Gasteiger partial charge in [-0.3, -0.25) is 9.69 Å². The number of hydrogen-bond donors (Lipinski definition) is 1. The fraction of sp³-hybridized carbons (Fsp3) is 0.500. The van der Waals surface area contributed by atoms with Crippen LogP contribution in [-0.2, 0) is 9.59 Å². The Kier molecular flexibility index (Phi) is 1.15. The monoisotopic (exact) mass is 167 g/mol. The summed E-state index contributed by atoms with van der Waals surface area (Å²) in [5.41, 5.74) is -0.0844. The number of carbonyl (C=O) groups is 2. The molecule has 1 N–H and O–H groups in total. The Morgan fingerprint density at radius 3 is 2.83 bits per heavy atom. The normalized spacial score (nSPS) is 32.6. The Labute approximate surface area is 69.5 Å². The van der Waals surface area contributed by atoms with Crippen LogP contribution in [0.2, 0.25) is 0 Å². The minimum absolute atomic E-state index is 0.0800. The number of carboxylic acids is 1. The lowest BCUT2D eigenvalue weighted by molar-refractivity contribution is -0.153. The van der Waals surface area contributed by atoms with Crippen molar-refractivity contribution in [1.82, 2.24) is 4.90 Å². The van der Waals surface area contributed by atoms with Gasteiger partial charge in [-0.25, -0.2) is 4.79 Å². The van der Waals surface area contributed by atoms with E-state index < -0.39 is 5.97 Å². The molecule has 0 spiro atoms. The molecule has 0 aliphatic carbocycles. The first-order chi connectivity index (χ1) is 5.54. The van der Waals surface area contributed by atoms with Gasteiger partial charge in [-0.2, -0.15) is 0 Å². The lowest BCUT2D eigenvalue weighted by Gasteiger charge is -2.45. The molecule has 1 fully saturated rings. The van der Waals surface area contributed by atoms with Gasteiger partial charge in [0.2, 0.25) is 5.91 Å². The van der Waals surface area contributed by atoms with Crippen LogP contribution in [0.4, 0.5) is 0 Å². The minimum Gasteiger partial charge on any atom is -0.477 e. The van der Waals surface area contributed by atoms with E-state index in [2.05, 4.69) is 0 Å².